The molecule has 8 heteroatoms. The lowest BCUT2D eigenvalue weighted by atomic mass is 10.2. The van der Waals surface area contributed by atoms with Gasteiger partial charge in [-0.25, -0.2) is 0 Å². The third-order valence-electron chi connectivity index (χ3n) is 3.53. The number of methoxy groups -OCH3 is 1. The summed E-state index contributed by atoms with van der Waals surface area (Å²) in [5.41, 5.74) is 0.980. The number of ether oxygens (including phenoxy) is 1. The highest BCUT2D eigenvalue weighted by Gasteiger charge is 2.16. The van der Waals surface area contributed by atoms with Gasteiger partial charge >= 0.3 is 0 Å². The monoisotopic (exact) mass is 373 g/mol. The molecular formula is C16H24ClN3O3S. The Morgan fingerprint density at radius 3 is 2.62 bits per heavy atom. The van der Waals surface area contributed by atoms with Crippen molar-refractivity contribution in [1.82, 2.24) is 16.0 Å². The molecule has 0 bridgehead atoms. The molecule has 3 N–H and O–H groups in total. The smallest absolute Gasteiger partial charge is 0.239 e. The standard InChI is InChI=1S/C16H23N3O3S.ClH/c1-22-14-4-2-12(3-5-14)9-18-16(21)10-19-15(20)8-13-11-23-7-6-17-13;/h2-5,13,17H,6-11H2,1H3,(H,18,21)(H,19,20);1H. The molecule has 0 aromatic heterocycles. The number of thioether (sulfide) groups is 1. The second-order valence-corrected chi connectivity index (χ2v) is 6.48. The predicted octanol–water partition coefficient (Wildman–Crippen LogP) is 0.944. The first-order valence-corrected chi connectivity index (χ1v) is 8.80. The van der Waals surface area contributed by atoms with Crippen LogP contribution >= 0.6 is 24.2 Å². The van der Waals surface area contributed by atoms with Crippen LogP contribution in [0, 0.1) is 0 Å². The van der Waals surface area contributed by atoms with Crippen molar-refractivity contribution in [3.8, 4) is 5.75 Å². The highest BCUT2D eigenvalue weighted by Crippen LogP contribution is 2.11. The van der Waals surface area contributed by atoms with Crippen molar-refractivity contribution in [2.75, 3.05) is 31.7 Å². The second kappa shape index (κ2) is 11.2. The van der Waals surface area contributed by atoms with Crippen LogP contribution in [0.5, 0.6) is 5.75 Å². The molecule has 0 radical (unpaired) electrons. The van der Waals surface area contributed by atoms with Crippen LogP contribution in [0.3, 0.4) is 0 Å². The molecule has 1 aliphatic heterocycles. The van der Waals surface area contributed by atoms with E-state index in [1.165, 1.54) is 0 Å². The Morgan fingerprint density at radius 2 is 2.00 bits per heavy atom. The van der Waals surface area contributed by atoms with E-state index in [-0.39, 0.29) is 36.8 Å². The number of hydrogen-bond acceptors (Lipinski definition) is 5. The molecule has 1 aromatic carbocycles. The van der Waals surface area contributed by atoms with Crippen molar-refractivity contribution in [2.24, 2.45) is 0 Å². The molecule has 1 aromatic rings. The van der Waals surface area contributed by atoms with Crippen molar-refractivity contribution in [3.63, 3.8) is 0 Å². The van der Waals surface area contributed by atoms with E-state index in [4.69, 9.17) is 4.74 Å². The van der Waals surface area contributed by atoms with E-state index < -0.39 is 0 Å². The number of nitrogens with one attached hydrogen (secondary N) is 3. The summed E-state index contributed by atoms with van der Waals surface area (Å²) >= 11 is 1.85. The lowest BCUT2D eigenvalue weighted by molar-refractivity contribution is -0.126. The summed E-state index contributed by atoms with van der Waals surface area (Å²) in [4.78, 5) is 23.6. The molecule has 0 saturated carbocycles. The van der Waals surface area contributed by atoms with Crippen LogP contribution in [0.2, 0.25) is 0 Å². The number of hydrogen-bond donors (Lipinski definition) is 3. The molecule has 0 aliphatic carbocycles. The molecule has 1 aliphatic rings. The Balaban J connectivity index is 0.00000288. The van der Waals surface area contributed by atoms with Gasteiger partial charge in [-0.1, -0.05) is 12.1 Å². The molecule has 1 saturated heterocycles. The van der Waals surface area contributed by atoms with E-state index in [1.807, 2.05) is 36.0 Å². The molecule has 1 unspecified atom stereocenters. The fourth-order valence-corrected chi connectivity index (χ4v) is 3.18. The largest absolute Gasteiger partial charge is 0.497 e. The Kier molecular flexibility index (Phi) is 9.59. The van der Waals surface area contributed by atoms with Crippen molar-refractivity contribution in [3.05, 3.63) is 29.8 Å². The Bertz CT molecular complexity index is 522. The summed E-state index contributed by atoms with van der Waals surface area (Å²) in [5, 5.41) is 8.75. The average Bonchev–Trinajstić information content (AvgIpc) is 2.59. The van der Waals surface area contributed by atoms with Crippen molar-refractivity contribution in [1.29, 1.82) is 0 Å². The van der Waals surface area contributed by atoms with Crippen molar-refractivity contribution in [2.45, 2.75) is 19.0 Å². The second-order valence-electron chi connectivity index (χ2n) is 5.33. The molecule has 1 fully saturated rings. The van der Waals surface area contributed by atoms with Gasteiger partial charge in [0.05, 0.1) is 13.7 Å². The van der Waals surface area contributed by atoms with Gasteiger partial charge in [0.2, 0.25) is 11.8 Å². The van der Waals surface area contributed by atoms with Gasteiger partial charge in [0.25, 0.3) is 0 Å². The maximum absolute atomic E-state index is 11.8. The van der Waals surface area contributed by atoms with E-state index in [0.29, 0.717) is 13.0 Å². The average molecular weight is 374 g/mol. The van der Waals surface area contributed by atoms with Crippen molar-refractivity contribution >= 4 is 36.0 Å². The summed E-state index contributed by atoms with van der Waals surface area (Å²) in [7, 11) is 1.61. The van der Waals surface area contributed by atoms with E-state index >= 15 is 0 Å². The number of carbonyl (C=O) groups is 2. The van der Waals surface area contributed by atoms with E-state index in [0.717, 1.165) is 29.4 Å². The predicted molar refractivity (Wildman–Crippen MR) is 98.8 cm³/mol. The minimum atomic E-state index is -0.194. The minimum absolute atomic E-state index is 0. The first-order valence-electron chi connectivity index (χ1n) is 7.65. The van der Waals surface area contributed by atoms with Crippen LogP contribution in [0.15, 0.2) is 24.3 Å². The molecule has 1 heterocycles. The fourth-order valence-electron chi connectivity index (χ4n) is 2.23. The van der Waals surface area contributed by atoms with Crippen molar-refractivity contribution < 1.29 is 14.3 Å². The zero-order valence-corrected chi connectivity index (χ0v) is 15.3. The van der Waals surface area contributed by atoms with Gasteiger partial charge in [0, 0.05) is 37.1 Å². The van der Waals surface area contributed by atoms with Gasteiger partial charge in [0.15, 0.2) is 0 Å². The number of benzene rings is 1. The normalized spacial score (nSPS) is 16.6. The van der Waals surface area contributed by atoms with Gasteiger partial charge in [-0.15, -0.1) is 12.4 Å². The third-order valence-corrected chi connectivity index (χ3v) is 4.66. The van der Waals surface area contributed by atoms with E-state index in [1.54, 1.807) is 7.11 Å². The number of rotatable bonds is 7. The maximum Gasteiger partial charge on any atom is 0.239 e. The molecule has 24 heavy (non-hydrogen) atoms. The molecule has 1 atom stereocenters. The van der Waals surface area contributed by atoms with Gasteiger partial charge in [-0.05, 0) is 17.7 Å². The topological polar surface area (TPSA) is 79.5 Å². The van der Waals surface area contributed by atoms with Gasteiger partial charge < -0.3 is 20.7 Å². The summed E-state index contributed by atoms with van der Waals surface area (Å²) in [6, 6.07) is 7.68. The molecular weight excluding hydrogens is 350 g/mol. The van der Waals surface area contributed by atoms with Crippen LogP contribution < -0.4 is 20.7 Å². The van der Waals surface area contributed by atoms with E-state index in [2.05, 4.69) is 16.0 Å². The highest BCUT2D eigenvalue weighted by molar-refractivity contribution is 7.99. The van der Waals surface area contributed by atoms with E-state index in [9.17, 15) is 9.59 Å². The van der Waals surface area contributed by atoms with Crippen LogP contribution in [-0.4, -0.2) is 49.6 Å². The van der Waals surface area contributed by atoms with Gasteiger partial charge in [0.1, 0.15) is 5.75 Å². The first-order chi connectivity index (χ1) is 11.2. The molecule has 134 valence electrons. The molecule has 2 amide bonds. The summed E-state index contributed by atoms with van der Waals surface area (Å²) in [5.74, 6) is 2.52. The van der Waals surface area contributed by atoms with Crippen LogP contribution in [0.1, 0.15) is 12.0 Å². The zero-order chi connectivity index (χ0) is 16.5. The highest BCUT2D eigenvalue weighted by atomic mass is 35.5. The number of carbonyl (C=O) groups excluding carboxylic acids is 2. The van der Waals surface area contributed by atoms with Crippen LogP contribution in [0.4, 0.5) is 0 Å². The minimum Gasteiger partial charge on any atom is -0.497 e. The van der Waals surface area contributed by atoms with Gasteiger partial charge in [-0.2, -0.15) is 11.8 Å². The SMILES string of the molecule is COc1ccc(CNC(=O)CNC(=O)CC2CSCCN2)cc1.Cl. The Hall–Kier alpha value is -1.44. The first kappa shape index (κ1) is 20.6. The summed E-state index contributed by atoms with van der Waals surface area (Å²) < 4.78 is 5.08. The lowest BCUT2D eigenvalue weighted by Gasteiger charge is -2.22. The molecule has 6 nitrogen and oxygen atoms in total. The summed E-state index contributed by atoms with van der Waals surface area (Å²) in [6.45, 7) is 1.37. The third kappa shape index (κ3) is 7.42. The van der Waals surface area contributed by atoms with Crippen LogP contribution in [-0.2, 0) is 16.1 Å². The summed E-state index contributed by atoms with van der Waals surface area (Å²) in [6.07, 6.45) is 0.415. The number of amides is 2. The fraction of sp³-hybridized carbons (Fsp3) is 0.500. The maximum atomic E-state index is 11.8. The number of halogens is 1. The van der Waals surface area contributed by atoms with Gasteiger partial charge in [-0.3, -0.25) is 9.59 Å². The Morgan fingerprint density at radius 1 is 1.25 bits per heavy atom. The molecule has 0 spiro atoms. The zero-order valence-electron chi connectivity index (χ0n) is 13.7. The Labute approximate surface area is 152 Å². The van der Waals surface area contributed by atoms with Crippen LogP contribution in [0.25, 0.3) is 0 Å². The quantitative estimate of drug-likeness (QED) is 0.663. The molecule has 2 rings (SSSR count). The lowest BCUT2D eigenvalue weighted by Crippen LogP contribution is -2.43.